The Hall–Kier alpha value is -1.36. The van der Waals surface area contributed by atoms with Gasteiger partial charge in [-0.05, 0) is 24.3 Å². The summed E-state index contributed by atoms with van der Waals surface area (Å²) in [7, 11) is 1.56. The highest BCUT2D eigenvalue weighted by Crippen LogP contribution is 2.43. The van der Waals surface area contributed by atoms with E-state index in [0.29, 0.717) is 39.8 Å². The van der Waals surface area contributed by atoms with E-state index >= 15 is 0 Å². The van der Waals surface area contributed by atoms with Crippen molar-refractivity contribution in [1.29, 1.82) is 0 Å². The molecule has 3 nitrogen and oxygen atoms in total. The molecule has 1 aliphatic carbocycles. The van der Waals surface area contributed by atoms with Crippen LogP contribution in [0, 0.1) is 5.92 Å². The van der Waals surface area contributed by atoms with E-state index in [1.807, 2.05) is 18.2 Å². The molecule has 3 rings (SSSR count). The Morgan fingerprint density at radius 3 is 2.58 bits per heavy atom. The van der Waals surface area contributed by atoms with Crippen LogP contribution in [0.1, 0.15) is 17.7 Å². The number of carbonyl (C=O) groups excluding carboxylic acids is 1. The number of aromatic nitrogens is 1. The monoisotopic (exact) mass is 425 g/mol. The summed E-state index contributed by atoms with van der Waals surface area (Å²) in [5.41, 5.74) is 1.88. The molecular weight excluding hydrogens is 413 g/mol. The largest absolute Gasteiger partial charge is 0.500 e. The number of benzene rings is 1. The van der Waals surface area contributed by atoms with Crippen LogP contribution in [-0.4, -0.2) is 17.9 Å². The van der Waals surface area contributed by atoms with E-state index in [-0.39, 0.29) is 11.7 Å². The van der Waals surface area contributed by atoms with Crippen molar-refractivity contribution in [2.24, 2.45) is 5.92 Å². The van der Waals surface area contributed by atoms with Gasteiger partial charge < -0.3 is 4.74 Å². The zero-order chi connectivity index (χ0) is 17.3. The molecule has 0 bridgehead atoms. The molecule has 1 aromatic carbocycles. The summed E-state index contributed by atoms with van der Waals surface area (Å²) in [6.45, 7) is 0. The predicted molar refractivity (Wildman–Crippen MR) is 99.1 cm³/mol. The summed E-state index contributed by atoms with van der Waals surface area (Å²) >= 11 is 16.0. The molecule has 2 aromatic rings. The maximum absolute atomic E-state index is 13.0. The quantitative estimate of drug-likeness (QED) is 0.662. The van der Waals surface area contributed by atoms with Crippen molar-refractivity contribution in [1.82, 2.24) is 4.98 Å². The maximum Gasteiger partial charge on any atom is 0.170 e. The van der Waals surface area contributed by atoms with Crippen molar-refractivity contribution in [3.8, 4) is 0 Å². The van der Waals surface area contributed by atoms with E-state index in [2.05, 4.69) is 20.9 Å². The van der Waals surface area contributed by atoms with Crippen LogP contribution in [0.4, 0.5) is 0 Å². The molecule has 0 N–H and O–H groups in total. The summed E-state index contributed by atoms with van der Waals surface area (Å²) in [5, 5.41) is 0.844. The van der Waals surface area contributed by atoms with E-state index in [0.717, 1.165) is 10.2 Å². The molecule has 0 saturated carbocycles. The third-order valence-electron chi connectivity index (χ3n) is 4.01. The Morgan fingerprint density at radius 2 is 2.00 bits per heavy atom. The fraction of sp³-hybridized carbons (Fsp3) is 0.222. The molecule has 0 aliphatic heterocycles. The minimum atomic E-state index is -0.222. The molecule has 1 aromatic heterocycles. The topological polar surface area (TPSA) is 39.2 Å². The van der Waals surface area contributed by atoms with Gasteiger partial charge in [-0.15, -0.1) is 0 Å². The van der Waals surface area contributed by atoms with Crippen LogP contribution in [0.2, 0.25) is 10.0 Å². The van der Waals surface area contributed by atoms with Crippen molar-refractivity contribution in [3.05, 3.63) is 68.1 Å². The first-order chi connectivity index (χ1) is 11.5. The summed E-state index contributed by atoms with van der Waals surface area (Å²) in [5.74, 6) is 0.385. The van der Waals surface area contributed by atoms with E-state index in [4.69, 9.17) is 27.9 Å². The number of allylic oxidation sites excluding steroid dienone is 2. The van der Waals surface area contributed by atoms with Crippen LogP contribution in [0.15, 0.2) is 46.8 Å². The molecule has 0 fully saturated rings. The van der Waals surface area contributed by atoms with E-state index in [1.165, 1.54) is 0 Å². The zero-order valence-electron chi connectivity index (χ0n) is 12.9. The van der Waals surface area contributed by atoms with Crippen LogP contribution in [0.5, 0.6) is 0 Å². The molecule has 24 heavy (non-hydrogen) atoms. The smallest absolute Gasteiger partial charge is 0.170 e. The molecule has 6 heteroatoms. The Kier molecular flexibility index (Phi) is 5.28. The first-order valence-electron chi connectivity index (χ1n) is 7.37. The lowest BCUT2D eigenvalue weighted by Crippen LogP contribution is -2.13. The van der Waals surface area contributed by atoms with Gasteiger partial charge in [-0.3, -0.25) is 9.78 Å². The second-order valence-corrected chi connectivity index (χ2v) is 7.27. The van der Waals surface area contributed by atoms with E-state index < -0.39 is 0 Å². The Balaban J connectivity index is 1.97. The lowest BCUT2D eigenvalue weighted by molar-refractivity contribution is -0.116. The number of hydrogen-bond acceptors (Lipinski definition) is 3. The van der Waals surface area contributed by atoms with Crippen LogP contribution >= 0.6 is 39.1 Å². The molecule has 1 atom stereocenters. The molecule has 0 saturated heterocycles. The van der Waals surface area contributed by atoms with Gasteiger partial charge in [0.05, 0.1) is 22.7 Å². The van der Waals surface area contributed by atoms with Gasteiger partial charge in [0.2, 0.25) is 0 Å². The molecule has 124 valence electrons. The fourth-order valence-electron chi connectivity index (χ4n) is 2.93. The van der Waals surface area contributed by atoms with Gasteiger partial charge >= 0.3 is 0 Å². The minimum absolute atomic E-state index is 0.0105. The molecule has 1 unspecified atom stereocenters. The highest BCUT2D eigenvalue weighted by atomic mass is 79.9. The standard InChI is InChI=1S/C18H14BrCl2NO2/c1-24-15-7-10(6-12-4-2-3-5-22-12)18(23)17(15)16-13(20)8-11(19)9-14(16)21/h2-5,8-10H,6-7H2,1H3. The average molecular weight is 427 g/mol. The van der Waals surface area contributed by atoms with Gasteiger partial charge in [0, 0.05) is 40.7 Å². The molecule has 0 spiro atoms. The van der Waals surface area contributed by atoms with Gasteiger partial charge in [-0.25, -0.2) is 0 Å². The van der Waals surface area contributed by atoms with Gasteiger partial charge in [0.15, 0.2) is 5.78 Å². The first kappa shape index (κ1) is 17.5. The SMILES string of the molecule is COC1=C(c2c(Cl)cc(Br)cc2Cl)C(=O)C(Cc2ccccn2)C1. The lowest BCUT2D eigenvalue weighted by Gasteiger charge is -2.11. The third kappa shape index (κ3) is 3.37. The highest BCUT2D eigenvalue weighted by Gasteiger charge is 2.37. The molecule has 1 heterocycles. The summed E-state index contributed by atoms with van der Waals surface area (Å²) in [6, 6.07) is 9.13. The number of ketones is 1. The number of methoxy groups -OCH3 is 1. The van der Waals surface area contributed by atoms with E-state index in [1.54, 1.807) is 25.4 Å². The second kappa shape index (κ2) is 7.26. The Morgan fingerprint density at radius 1 is 1.29 bits per heavy atom. The van der Waals surface area contributed by atoms with Crippen molar-refractivity contribution in [3.63, 3.8) is 0 Å². The van der Waals surface area contributed by atoms with Crippen LogP contribution in [0.25, 0.3) is 5.57 Å². The molecule has 0 amide bonds. The number of Topliss-reactive ketones (excluding diaryl/α,β-unsaturated/α-hetero) is 1. The number of pyridine rings is 1. The number of rotatable bonds is 4. The van der Waals surface area contributed by atoms with E-state index in [9.17, 15) is 4.79 Å². The van der Waals surface area contributed by atoms with Gasteiger partial charge in [0.25, 0.3) is 0 Å². The van der Waals surface area contributed by atoms with Crippen molar-refractivity contribution < 1.29 is 9.53 Å². The molecular formula is C18H14BrCl2NO2. The van der Waals surface area contributed by atoms with Crippen molar-refractivity contribution in [2.45, 2.75) is 12.8 Å². The fourth-order valence-corrected chi connectivity index (χ4v) is 4.32. The average Bonchev–Trinajstić information content (AvgIpc) is 2.84. The molecule has 0 radical (unpaired) electrons. The summed E-state index contributed by atoms with van der Waals surface area (Å²) in [6.07, 6.45) is 2.80. The van der Waals surface area contributed by atoms with Gasteiger partial charge in [-0.1, -0.05) is 45.2 Å². The summed E-state index contributed by atoms with van der Waals surface area (Å²) < 4.78 is 6.23. The second-order valence-electron chi connectivity index (χ2n) is 5.54. The zero-order valence-corrected chi connectivity index (χ0v) is 16.0. The number of nitrogens with zero attached hydrogens (tertiary/aromatic N) is 1. The van der Waals surface area contributed by atoms with Crippen LogP contribution in [0.3, 0.4) is 0 Å². The number of halogens is 3. The summed E-state index contributed by atoms with van der Waals surface area (Å²) in [4.78, 5) is 17.3. The van der Waals surface area contributed by atoms with Crippen LogP contribution < -0.4 is 0 Å². The maximum atomic E-state index is 13.0. The Bertz CT molecular complexity index is 798. The predicted octanol–water partition coefficient (Wildman–Crippen LogP) is 5.34. The first-order valence-corrected chi connectivity index (χ1v) is 8.92. The third-order valence-corrected chi connectivity index (χ3v) is 5.07. The molecule has 1 aliphatic rings. The van der Waals surface area contributed by atoms with Gasteiger partial charge in [-0.2, -0.15) is 0 Å². The van der Waals surface area contributed by atoms with Crippen molar-refractivity contribution in [2.75, 3.05) is 7.11 Å². The van der Waals surface area contributed by atoms with Crippen LogP contribution in [-0.2, 0) is 16.0 Å². The lowest BCUT2D eigenvalue weighted by atomic mass is 9.95. The number of hydrogen-bond donors (Lipinski definition) is 0. The normalized spacial score (nSPS) is 17.5. The highest BCUT2D eigenvalue weighted by molar-refractivity contribution is 9.10. The van der Waals surface area contributed by atoms with Gasteiger partial charge in [0.1, 0.15) is 5.76 Å². The Labute approximate surface area is 158 Å². The number of ether oxygens (including phenoxy) is 1. The minimum Gasteiger partial charge on any atom is -0.500 e. The van der Waals surface area contributed by atoms with Crippen molar-refractivity contribution >= 4 is 50.5 Å². The number of carbonyl (C=O) groups is 1.